The summed E-state index contributed by atoms with van der Waals surface area (Å²) in [5, 5.41) is 3.41. The summed E-state index contributed by atoms with van der Waals surface area (Å²) < 4.78 is 10.7. The van der Waals surface area contributed by atoms with Crippen LogP contribution in [0.1, 0.15) is 45.6 Å². The summed E-state index contributed by atoms with van der Waals surface area (Å²) in [4.78, 5) is 15.1. The first kappa shape index (κ1) is 25.6. The lowest BCUT2D eigenvalue weighted by Crippen LogP contribution is -2.38. The molecular weight excluding hydrogens is 388 g/mol. The smallest absolute Gasteiger partial charge is 0.222 e. The predicted molar refractivity (Wildman–Crippen MR) is 121 cm³/mol. The number of carbonyl (C=O) groups excluding carboxylic acids is 1. The van der Waals surface area contributed by atoms with E-state index in [9.17, 15) is 4.79 Å². The van der Waals surface area contributed by atoms with Crippen LogP contribution in [0.5, 0.6) is 11.5 Å². The van der Waals surface area contributed by atoms with Crippen LogP contribution in [0, 0.1) is 17.8 Å². The number of carbonyl (C=O) groups is 1. The van der Waals surface area contributed by atoms with E-state index in [-0.39, 0.29) is 12.4 Å². The number of nitrogens with zero attached hydrogens (tertiary/aromatic N) is 1. The zero-order valence-electron chi connectivity index (χ0n) is 18.7. The fraction of sp³-hybridized carbons (Fsp3) is 0.696. The number of ether oxygens (including phenoxy) is 2. The van der Waals surface area contributed by atoms with E-state index in [0.29, 0.717) is 30.1 Å². The van der Waals surface area contributed by atoms with Crippen LogP contribution < -0.4 is 14.8 Å². The summed E-state index contributed by atoms with van der Waals surface area (Å²) in [6, 6.07) is 5.99. The Bertz CT molecular complexity index is 618. The SMILES string of the molecule is COc1ccc(CCN(CC(C)C)C(=O)CC(C)C2CCNCC2)cc1OC.Cl. The summed E-state index contributed by atoms with van der Waals surface area (Å²) in [5.41, 5.74) is 1.16. The zero-order chi connectivity index (χ0) is 20.5. The van der Waals surface area contributed by atoms with E-state index in [1.807, 2.05) is 12.1 Å². The van der Waals surface area contributed by atoms with Crippen LogP contribution in [0.3, 0.4) is 0 Å². The third-order valence-electron chi connectivity index (χ3n) is 5.74. The average molecular weight is 427 g/mol. The normalized spacial score (nSPS) is 15.5. The van der Waals surface area contributed by atoms with Crippen LogP contribution >= 0.6 is 12.4 Å². The minimum Gasteiger partial charge on any atom is -0.493 e. The van der Waals surface area contributed by atoms with Crippen molar-refractivity contribution in [2.75, 3.05) is 40.4 Å². The minimum absolute atomic E-state index is 0. The van der Waals surface area contributed by atoms with E-state index >= 15 is 0 Å². The highest BCUT2D eigenvalue weighted by Gasteiger charge is 2.24. The Balaban J connectivity index is 0.00000420. The monoisotopic (exact) mass is 426 g/mol. The summed E-state index contributed by atoms with van der Waals surface area (Å²) in [6.45, 7) is 10.3. The van der Waals surface area contributed by atoms with Crippen LogP contribution in [0.25, 0.3) is 0 Å². The molecule has 1 unspecified atom stereocenters. The Morgan fingerprint density at radius 3 is 2.38 bits per heavy atom. The molecule has 1 aromatic carbocycles. The van der Waals surface area contributed by atoms with Crippen molar-refractivity contribution in [2.24, 2.45) is 17.8 Å². The van der Waals surface area contributed by atoms with Gasteiger partial charge in [-0.25, -0.2) is 0 Å². The standard InChI is InChI=1S/C23H38N2O3.ClH/c1-17(2)16-25(23(26)14-18(3)20-8-11-24-12-9-20)13-10-19-6-7-21(27-4)22(15-19)28-5;/h6-7,15,17-18,20,24H,8-14,16H2,1-5H3;1H. The molecule has 1 aliphatic heterocycles. The Labute approximate surface area is 182 Å². The molecule has 0 aromatic heterocycles. The Hall–Kier alpha value is -1.46. The van der Waals surface area contributed by atoms with Gasteiger partial charge in [0.1, 0.15) is 0 Å². The van der Waals surface area contributed by atoms with Gasteiger partial charge in [-0.1, -0.05) is 26.8 Å². The molecule has 6 heteroatoms. The highest BCUT2D eigenvalue weighted by atomic mass is 35.5. The van der Waals surface area contributed by atoms with Crippen LogP contribution in [0.2, 0.25) is 0 Å². The average Bonchev–Trinajstić information content (AvgIpc) is 2.71. The van der Waals surface area contributed by atoms with Gasteiger partial charge in [-0.3, -0.25) is 4.79 Å². The van der Waals surface area contributed by atoms with Crippen LogP contribution in [0.15, 0.2) is 18.2 Å². The molecule has 166 valence electrons. The van der Waals surface area contributed by atoms with Crippen molar-refractivity contribution in [3.05, 3.63) is 23.8 Å². The molecule has 0 bridgehead atoms. The molecule has 1 atom stereocenters. The molecule has 1 N–H and O–H groups in total. The van der Waals surface area contributed by atoms with E-state index in [1.54, 1.807) is 14.2 Å². The maximum absolute atomic E-state index is 13.0. The van der Waals surface area contributed by atoms with E-state index < -0.39 is 0 Å². The van der Waals surface area contributed by atoms with Crippen molar-refractivity contribution in [1.29, 1.82) is 0 Å². The quantitative estimate of drug-likeness (QED) is 0.609. The molecule has 1 saturated heterocycles. The molecule has 2 rings (SSSR count). The first-order chi connectivity index (χ1) is 13.4. The first-order valence-electron chi connectivity index (χ1n) is 10.6. The van der Waals surface area contributed by atoms with Crippen LogP contribution in [0.4, 0.5) is 0 Å². The fourth-order valence-electron chi connectivity index (χ4n) is 4.04. The Kier molecular flexibility index (Phi) is 11.4. The second-order valence-corrected chi connectivity index (χ2v) is 8.44. The molecule has 1 fully saturated rings. The number of methoxy groups -OCH3 is 2. The second-order valence-electron chi connectivity index (χ2n) is 8.44. The van der Waals surface area contributed by atoms with E-state index in [1.165, 1.54) is 12.8 Å². The largest absolute Gasteiger partial charge is 0.493 e. The Morgan fingerprint density at radius 2 is 1.79 bits per heavy atom. The topological polar surface area (TPSA) is 50.8 Å². The highest BCUT2D eigenvalue weighted by molar-refractivity contribution is 5.85. The summed E-state index contributed by atoms with van der Waals surface area (Å²) in [5.74, 6) is 3.34. The molecular formula is C23H39ClN2O3. The molecule has 29 heavy (non-hydrogen) atoms. The van der Waals surface area contributed by atoms with Gasteiger partial charge in [0.2, 0.25) is 5.91 Å². The number of amides is 1. The molecule has 0 spiro atoms. The van der Waals surface area contributed by atoms with Gasteiger partial charge in [-0.2, -0.15) is 0 Å². The second kappa shape index (κ2) is 13.0. The summed E-state index contributed by atoms with van der Waals surface area (Å²) in [7, 11) is 3.29. The minimum atomic E-state index is 0. The van der Waals surface area contributed by atoms with Crippen molar-refractivity contribution in [1.82, 2.24) is 10.2 Å². The molecule has 0 radical (unpaired) electrons. The van der Waals surface area contributed by atoms with E-state index in [4.69, 9.17) is 9.47 Å². The maximum atomic E-state index is 13.0. The number of hydrogen-bond acceptors (Lipinski definition) is 4. The number of piperidine rings is 1. The summed E-state index contributed by atoms with van der Waals surface area (Å²) >= 11 is 0. The van der Waals surface area contributed by atoms with Crippen LogP contribution in [-0.2, 0) is 11.2 Å². The zero-order valence-corrected chi connectivity index (χ0v) is 19.5. The lowest BCUT2D eigenvalue weighted by molar-refractivity contribution is -0.133. The van der Waals surface area contributed by atoms with Crippen molar-refractivity contribution < 1.29 is 14.3 Å². The van der Waals surface area contributed by atoms with Gasteiger partial charge in [-0.15, -0.1) is 12.4 Å². The number of benzene rings is 1. The summed E-state index contributed by atoms with van der Waals surface area (Å²) in [6.07, 6.45) is 3.85. The van der Waals surface area contributed by atoms with Gasteiger partial charge in [0.15, 0.2) is 11.5 Å². The van der Waals surface area contributed by atoms with Gasteiger partial charge in [0.05, 0.1) is 14.2 Å². The number of hydrogen-bond donors (Lipinski definition) is 1. The van der Waals surface area contributed by atoms with Crippen LogP contribution in [-0.4, -0.2) is 51.2 Å². The van der Waals surface area contributed by atoms with E-state index in [2.05, 4.69) is 37.1 Å². The lowest BCUT2D eigenvalue weighted by atomic mass is 9.84. The van der Waals surface area contributed by atoms with Crippen molar-refractivity contribution in [3.8, 4) is 11.5 Å². The third-order valence-corrected chi connectivity index (χ3v) is 5.74. The molecule has 5 nitrogen and oxygen atoms in total. The maximum Gasteiger partial charge on any atom is 0.222 e. The Morgan fingerprint density at radius 1 is 1.14 bits per heavy atom. The number of nitrogens with one attached hydrogen (secondary N) is 1. The highest BCUT2D eigenvalue weighted by Crippen LogP contribution is 2.28. The third kappa shape index (κ3) is 8.06. The molecule has 1 heterocycles. The molecule has 1 aliphatic rings. The van der Waals surface area contributed by atoms with Crippen molar-refractivity contribution in [2.45, 2.75) is 46.5 Å². The first-order valence-corrected chi connectivity index (χ1v) is 10.6. The molecule has 0 aliphatic carbocycles. The molecule has 0 saturated carbocycles. The number of halogens is 1. The van der Waals surface area contributed by atoms with Gasteiger partial charge in [0.25, 0.3) is 0 Å². The van der Waals surface area contributed by atoms with Crippen molar-refractivity contribution >= 4 is 18.3 Å². The van der Waals surface area contributed by atoms with Gasteiger partial charge >= 0.3 is 0 Å². The lowest BCUT2D eigenvalue weighted by Gasteiger charge is -2.31. The number of rotatable bonds is 10. The van der Waals surface area contributed by atoms with Crippen molar-refractivity contribution in [3.63, 3.8) is 0 Å². The fourth-order valence-corrected chi connectivity index (χ4v) is 4.04. The molecule has 1 aromatic rings. The van der Waals surface area contributed by atoms with Gasteiger partial charge < -0.3 is 19.7 Å². The molecule has 1 amide bonds. The van der Waals surface area contributed by atoms with Gasteiger partial charge in [-0.05, 0) is 67.8 Å². The predicted octanol–water partition coefficient (Wildman–Crippen LogP) is 4.18. The van der Waals surface area contributed by atoms with Gasteiger partial charge in [0, 0.05) is 19.5 Å². The van der Waals surface area contributed by atoms with E-state index in [0.717, 1.165) is 49.7 Å².